The Bertz CT molecular complexity index is 1030. The third-order valence-corrected chi connectivity index (χ3v) is 6.76. The van der Waals surface area contributed by atoms with Crippen molar-refractivity contribution < 1.29 is 29.0 Å². The highest BCUT2D eigenvalue weighted by atomic mass is 16.5. The van der Waals surface area contributed by atoms with Gasteiger partial charge in [-0.3, -0.25) is 9.59 Å². The first-order chi connectivity index (χ1) is 16.9. The van der Waals surface area contributed by atoms with Crippen molar-refractivity contribution >= 4 is 18.0 Å². The van der Waals surface area contributed by atoms with E-state index < -0.39 is 12.1 Å². The molecule has 1 saturated heterocycles. The highest BCUT2D eigenvalue weighted by molar-refractivity contribution is 5.79. The van der Waals surface area contributed by atoms with E-state index in [1.165, 1.54) is 11.1 Å². The molecule has 0 bridgehead atoms. The quantitative estimate of drug-likeness (QED) is 0.503. The van der Waals surface area contributed by atoms with E-state index in [-0.39, 0.29) is 43.4 Å². The predicted octanol–water partition coefficient (Wildman–Crippen LogP) is 3.64. The molecule has 0 radical (unpaired) electrons. The van der Waals surface area contributed by atoms with Gasteiger partial charge in [0, 0.05) is 32.5 Å². The first-order valence-electron chi connectivity index (χ1n) is 12.1. The lowest BCUT2D eigenvalue weighted by atomic mass is 9.98. The van der Waals surface area contributed by atoms with Gasteiger partial charge in [0.15, 0.2) is 0 Å². The van der Waals surface area contributed by atoms with Crippen LogP contribution in [0, 0.1) is 5.92 Å². The predicted molar refractivity (Wildman–Crippen MR) is 130 cm³/mol. The summed E-state index contributed by atoms with van der Waals surface area (Å²) in [4.78, 5) is 37.3. The summed E-state index contributed by atoms with van der Waals surface area (Å²) in [6.45, 7) is 1.36. The summed E-state index contributed by atoms with van der Waals surface area (Å²) >= 11 is 0. The molecular formula is C27H32N2O6. The van der Waals surface area contributed by atoms with Crippen LogP contribution in [0.15, 0.2) is 48.5 Å². The largest absolute Gasteiger partial charge is 0.481 e. The summed E-state index contributed by atoms with van der Waals surface area (Å²) in [5.74, 6) is -1.09. The fourth-order valence-electron chi connectivity index (χ4n) is 4.91. The van der Waals surface area contributed by atoms with E-state index in [2.05, 4.69) is 29.6 Å². The van der Waals surface area contributed by atoms with E-state index in [1.54, 1.807) is 11.9 Å². The van der Waals surface area contributed by atoms with Crippen LogP contribution in [0.4, 0.5) is 4.79 Å². The Morgan fingerprint density at radius 1 is 1.06 bits per heavy atom. The van der Waals surface area contributed by atoms with Gasteiger partial charge in [0.1, 0.15) is 6.61 Å². The number of alkyl carbamates (subject to hydrolysis) is 1. The third-order valence-electron chi connectivity index (χ3n) is 6.76. The number of fused-ring (bicyclic) bond motifs is 3. The van der Waals surface area contributed by atoms with Crippen LogP contribution >= 0.6 is 0 Å². The van der Waals surface area contributed by atoms with Crippen LogP contribution in [0.5, 0.6) is 0 Å². The fraction of sp³-hybridized carbons (Fsp3) is 0.444. The molecule has 0 aromatic heterocycles. The molecule has 2 aromatic rings. The molecule has 2 N–H and O–H groups in total. The summed E-state index contributed by atoms with van der Waals surface area (Å²) in [6, 6.07) is 16.4. The molecule has 0 unspecified atom stereocenters. The van der Waals surface area contributed by atoms with Crippen LogP contribution in [0.25, 0.3) is 11.1 Å². The topological polar surface area (TPSA) is 105 Å². The molecule has 1 fully saturated rings. The van der Waals surface area contributed by atoms with E-state index in [9.17, 15) is 14.4 Å². The normalized spacial score (nSPS) is 18.5. The van der Waals surface area contributed by atoms with Crippen LogP contribution in [-0.4, -0.2) is 67.4 Å². The van der Waals surface area contributed by atoms with Crippen molar-refractivity contribution in [3.8, 4) is 11.1 Å². The van der Waals surface area contributed by atoms with E-state index in [4.69, 9.17) is 14.6 Å². The smallest absolute Gasteiger partial charge is 0.407 e. The molecule has 35 heavy (non-hydrogen) atoms. The number of carbonyl (C=O) groups excluding carboxylic acids is 2. The number of unbranched alkanes of at least 4 members (excludes halogenated alkanes) is 1. The minimum Gasteiger partial charge on any atom is -0.481 e. The molecule has 8 nitrogen and oxygen atoms in total. The number of carboxylic acids is 1. The Balaban J connectivity index is 1.20. The second kappa shape index (κ2) is 11.4. The number of benzene rings is 2. The van der Waals surface area contributed by atoms with Crippen molar-refractivity contribution in [1.82, 2.24) is 10.2 Å². The van der Waals surface area contributed by atoms with Crippen molar-refractivity contribution in [3.63, 3.8) is 0 Å². The lowest BCUT2D eigenvalue weighted by Gasteiger charge is -2.20. The number of nitrogens with one attached hydrogen (secondary N) is 1. The number of aliphatic carboxylic acids is 1. The Kier molecular flexibility index (Phi) is 8.02. The van der Waals surface area contributed by atoms with Crippen LogP contribution in [0.2, 0.25) is 0 Å². The van der Waals surface area contributed by atoms with Crippen LogP contribution < -0.4 is 5.32 Å². The number of rotatable bonds is 10. The van der Waals surface area contributed by atoms with Crippen molar-refractivity contribution in [2.75, 3.05) is 33.4 Å². The number of hydrogen-bond acceptors (Lipinski definition) is 5. The molecule has 2 aliphatic rings. The molecule has 1 heterocycles. The number of amides is 2. The van der Waals surface area contributed by atoms with Gasteiger partial charge in [0.25, 0.3) is 0 Å². The zero-order chi connectivity index (χ0) is 24.8. The van der Waals surface area contributed by atoms with E-state index in [0.29, 0.717) is 32.4 Å². The Labute approximate surface area is 205 Å². The van der Waals surface area contributed by atoms with Gasteiger partial charge in [0.05, 0.1) is 18.6 Å². The van der Waals surface area contributed by atoms with Crippen molar-refractivity contribution in [2.45, 2.75) is 37.7 Å². The third kappa shape index (κ3) is 6.00. The lowest BCUT2D eigenvalue weighted by Crippen LogP contribution is -2.35. The number of carbonyl (C=O) groups is 3. The van der Waals surface area contributed by atoms with Gasteiger partial charge >= 0.3 is 12.1 Å². The molecule has 8 heteroatoms. The molecule has 4 rings (SSSR count). The lowest BCUT2D eigenvalue weighted by molar-refractivity contribution is -0.137. The van der Waals surface area contributed by atoms with Crippen molar-refractivity contribution in [1.29, 1.82) is 0 Å². The summed E-state index contributed by atoms with van der Waals surface area (Å²) in [5.41, 5.74) is 4.68. The highest BCUT2D eigenvalue weighted by Gasteiger charge is 2.33. The molecule has 1 aliphatic carbocycles. The SMILES string of the molecule is CN(CCCCC(=O)O)C(=O)[C@@H]1CO[C@H](CNC(=O)OCC2c3ccccc3-c3ccccc32)C1. The van der Waals surface area contributed by atoms with Gasteiger partial charge in [-0.05, 0) is 41.5 Å². The van der Waals surface area contributed by atoms with Crippen LogP contribution in [0.1, 0.15) is 42.7 Å². The maximum absolute atomic E-state index is 12.6. The average molecular weight is 481 g/mol. The zero-order valence-corrected chi connectivity index (χ0v) is 19.9. The standard InChI is InChI=1S/C27H32N2O6/c1-29(13-7-6-12-25(30)31)26(32)18-14-19(34-16-18)15-28-27(33)35-17-24-22-10-4-2-8-20(22)21-9-3-5-11-23(21)24/h2-5,8-11,18-19,24H,6-7,12-17H2,1H3,(H,28,33)(H,30,31)/t18-,19-/m0/s1. The van der Waals surface area contributed by atoms with Crippen LogP contribution in [0.3, 0.4) is 0 Å². The van der Waals surface area contributed by atoms with Gasteiger partial charge in [0.2, 0.25) is 5.91 Å². The van der Waals surface area contributed by atoms with E-state index in [1.807, 2.05) is 24.3 Å². The highest BCUT2D eigenvalue weighted by Crippen LogP contribution is 2.44. The molecule has 0 saturated carbocycles. The van der Waals surface area contributed by atoms with Crippen LogP contribution in [-0.2, 0) is 19.1 Å². The number of nitrogens with zero attached hydrogens (tertiary/aromatic N) is 1. The molecule has 1 aliphatic heterocycles. The minimum absolute atomic E-state index is 0.00363. The van der Waals surface area contributed by atoms with E-state index in [0.717, 1.165) is 11.1 Å². The summed E-state index contributed by atoms with van der Waals surface area (Å²) in [6.07, 6.45) is 1.08. The summed E-state index contributed by atoms with van der Waals surface area (Å²) < 4.78 is 11.3. The maximum atomic E-state index is 12.6. The number of ether oxygens (including phenoxy) is 2. The Hall–Kier alpha value is -3.39. The molecule has 2 atom stereocenters. The molecule has 186 valence electrons. The Morgan fingerprint density at radius 3 is 2.37 bits per heavy atom. The molecule has 0 spiro atoms. The second-order valence-corrected chi connectivity index (χ2v) is 9.21. The maximum Gasteiger partial charge on any atom is 0.407 e. The van der Waals surface area contributed by atoms with Crippen molar-refractivity contribution in [2.24, 2.45) is 5.92 Å². The summed E-state index contributed by atoms with van der Waals surface area (Å²) in [7, 11) is 1.73. The molecular weight excluding hydrogens is 448 g/mol. The van der Waals surface area contributed by atoms with Gasteiger partial charge in [-0.25, -0.2) is 4.79 Å². The average Bonchev–Trinajstić information content (AvgIpc) is 3.46. The fourth-order valence-corrected chi connectivity index (χ4v) is 4.91. The number of carboxylic acid groups (broad SMARTS) is 1. The minimum atomic E-state index is -0.824. The molecule has 2 aromatic carbocycles. The van der Waals surface area contributed by atoms with Gasteiger partial charge in [-0.2, -0.15) is 0 Å². The monoisotopic (exact) mass is 480 g/mol. The van der Waals surface area contributed by atoms with Gasteiger partial charge in [-0.1, -0.05) is 48.5 Å². The zero-order valence-electron chi connectivity index (χ0n) is 19.9. The number of hydrogen-bond donors (Lipinski definition) is 2. The van der Waals surface area contributed by atoms with Gasteiger partial charge in [-0.15, -0.1) is 0 Å². The first kappa shape index (κ1) is 24.7. The second-order valence-electron chi connectivity index (χ2n) is 9.21. The first-order valence-corrected chi connectivity index (χ1v) is 12.1. The van der Waals surface area contributed by atoms with E-state index >= 15 is 0 Å². The molecule has 2 amide bonds. The Morgan fingerprint density at radius 2 is 1.71 bits per heavy atom. The van der Waals surface area contributed by atoms with Gasteiger partial charge < -0.3 is 24.8 Å². The summed E-state index contributed by atoms with van der Waals surface area (Å²) in [5, 5.41) is 11.5. The van der Waals surface area contributed by atoms with Crippen molar-refractivity contribution in [3.05, 3.63) is 59.7 Å².